The highest BCUT2D eigenvalue weighted by Crippen LogP contribution is 2.36. The molecular formula is C37H38FN7O8. The lowest BCUT2D eigenvalue weighted by Crippen LogP contribution is -2.14. The van der Waals surface area contributed by atoms with Crippen LogP contribution in [0.3, 0.4) is 0 Å². The van der Waals surface area contributed by atoms with Crippen molar-refractivity contribution in [1.29, 1.82) is 5.26 Å². The van der Waals surface area contributed by atoms with Gasteiger partial charge >= 0.3 is 0 Å². The van der Waals surface area contributed by atoms with Crippen LogP contribution >= 0.6 is 0 Å². The zero-order chi connectivity index (χ0) is 39.1. The van der Waals surface area contributed by atoms with Gasteiger partial charge < -0.3 is 56.5 Å². The van der Waals surface area contributed by atoms with Crippen molar-refractivity contribution < 1.29 is 42.1 Å². The first kappa shape index (κ1) is 40.0. The molecule has 0 saturated carbocycles. The van der Waals surface area contributed by atoms with Crippen LogP contribution in [0.5, 0.6) is 23.0 Å². The number of rotatable bonds is 9. The molecule has 0 bridgehead atoms. The second kappa shape index (κ2) is 19.1. The van der Waals surface area contributed by atoms with Crippen LogP contribution in [0.15, 0.2) is 89.5 Å². The van der Waals surface area contributed by atoms with Crippen LogP contribution in [0.25, 0.3) is 0 Å². The number of halogens is 1. The number of anilines is 6. The van der Waals surface area contributed by atoms with E-state index >= 15 is 0 Å². The van der Waals surface area contributed by atoms with Gasteiger partial charge in [-0.05, 0) is 42.5 Å². The Labute approximate surface area is 304 Å². The molecule has 0 aliphatic carbocycles. The number of hydrogen-bond acceptors (Lipinski definition) is 12. The molecule has 0 aliphatic heterocycles. The number of nitriles is 1. The molecule has 0 spiro atoms. The third-order valence-electron chi connectivity index (χ3n) is 6.94. The minimum absolute atomic E-state index is 0.0599. The summed E-state index contributed by atoms with van der Waals surface area (Å²) in [6.45, 7) is 1.39. The van der Waals surface area contributed by atoms with Gasteiger partial charge in [0.2, 0.25) is 5.91 Å². The van der Waals surface area contributed by atoms with Crippen molar-refractivity contribution in [3.63, 3.8) is 0 Å². The Kier molecular flexibility index (Phi) is 14.4. The van der Waals surface area contributed by atoms with E-state index in [4.69, 9.17) is 45.8 Å². The number of nitrogens with zero attached hydrogens (tertiary/aromatic N) is 1. The Morgan fingerprint density at radius 2 is 1.23 bits per heavy atom. The fraction of sp³-hybridized carbons (Fsp3) is 0.135. The van der Waals surface area contributed by atoms with Crippen molar-refractivity contribution in [3.05, 3.63) is 108 Å². The van der Waals surface area contributed by atoms with E-state index in [1.54, 1.807) is 42.5 Å². The van der Waals surface area contributed by atoms with Crippen molar-refractivity contribution in [3.8, 4) is 29.1 Å². The minimum atomic E-state index is -0.601. The van der Waals surface area contributed by atoms with Gasteiger partial charge in [-0.3, -0.25) is 14.4 Å². The molecule has 15 nitrogen and oxygen atoms in total. The molecule has 0 unspecified atom stereocenters. The Hall–Kier alpha value is -7.41. The molecule has 276 valence electrons. The van der Waals surface area contributed by atoms with E-state index < -0.39 is 11.7 Å². The van der Waals surface area contributed by atoms with Gasteiger partial charge in [0.1, 0.15) is 34.9 Å². The van der Waals surface area contributed by atoms with Gasteiger partial charge in [-0.1, -0.05) is 12.1 Å². The number of benzene rings is 4. The summed E-state index contributed by atoms with van der Waals surface area (Å²) in [5, 5.41) is 16.5. The van der Waals surface area contributed by atoms with E-state index in [2.05, 4.69) is 16.0 Å². The molecule has 5 rings (SSSR count). The van der Waals surface area contributed by atoms with Crippen LogP contribution in [-0.4, -0.2) is 46.2 Å². The first-order chi connectivity index (χ1) is 25.3. The fourth-order valence-electron chi connectivity index (χ4n) is 4.42. The van der Waals surface area contributed by atoms with E-state index in [0.717, 1.165) is 0 Å². The quantitative estimate of drug-likeness (QED) is 0.0972. The highest BCUT2D eigenvalue weighted by molar-refractivity contribution is 6.05. The summed E-state index contributed by atoms with van der Waals surface area (Å²) in [6, 6.07) is 21.8. The molecule has 5 aromatic rings. The van der Waals surface area contributed by atoms with Gasteiger partial charge in [-0.2, -0.15) is 5.26 Å². The minimum Gasteiger partial charge on any atom is -0.495 e. The summed E-state index contributed by atoms with van der Waals surface area (Å²) in [6.07, 6.45) is 1.43. The summed E-state index contributed by atoms with van der Waals surface area (Å²) in [5.41, 5.74) is 19.9. The molecule has 53 heavy (non-hydrogen) atoms. The maximum Gasteiger partial charge on any atom is 0.291 e. The average molecular weight is 728 g/mol. The summed E-state index contributed by atoms with van der Waals surface area (Å²) in [7, 11) is 5.89. The number of nitrogens with two attached hydrogens (primary N) is 3. The number of carbonyl (C=O) groups is 3. The second-order valence-electron chi connectivity index (χ2n) is 10.6. The van der Waals surface area contributed by atoms with E-state index in [0.29, 0.717) is 62.7 Å². The summed E-state index contributed by atoms with van der Waals surface area (Å²) in [5.74, 6) is 0.0789. The second-order valence-corrected chi connectivity index (χ2v) is 10.6. The lowest BCUT2D eigenvalue weighted by atomic mass is 10.2. The Morgan fingerprint density at radius 1 is 0.679 bits per heavy atom. The molecule has 0 aliphatic rings. The van der Waals surface area contributed by atoms with E-state index in [9.17, 15) is 18.8 Å². The monoisotopic (exact) mass is 727 g/mol. The molecule has 0 fully saturated rings. The normalized spacial score (nSPS) is 9.75. The van der Waals surface area contributed by atoms with E-state index in [1.807, 2.05) is 6.07 Å². The average Bonchev–Trinajstić information content (AvgIpc) is 3.69. The van der Waals surface area contributed by atoms with Gasteiger partial charge in [0.25, 0.3) is 11.8 Å². The maximum absolute atomic E-state index is 13.6. The lowest BCUT2D eigenvalue weighted by Gasteiger charge is -2.13. The molecule has 0 radical (unpaired) electrons. The molecular weight excluding hydrogens is 689 g/mol. The first-order valence-corrected chi connectivity index (χ1v) is 15.4. The number of carbonyl (C=O) groups excluding carboxylic acids is 3. The van der Waals surface area contributed by atoms with Gasteiger partial charge in [0.15, 0.2) is 5.76 Å². The van der Waals surface area contributed by atoms with Crippen LogP contribution in [0.2, 0.25) is 0 Å². The van der Waals surface area contributed by atoms with Gasteiger partial charge in [-0.15, -0.1) is 0 Å². The number of nitrogen functional groups attached to an aromatic ring is 3. The van der Waals surface area contributed by atoms with Crippen molar-refractivity contribution >= 4 is 51.8 Å². The zero-order valence-electron chi connectivity index (χ0n) is 29.4. The zero-order valence-corrected chi connectivity index (χ0v) is 29.4. The predicted octanol–water partition coefficient (Wildman–Crippen LogP) is 5.91. The summed E-state index contributed by atoms with van der Waals surface area (Å²) >= 11 is 0. The van der Waals surface area contributed by atoms with Gasteiger partial charge in [-0.25, -0.2) is 4.39 Å². The first-order valence-electron chi connectivity index (χ1n) is 15.4. The molecule has 3 amide bonds. The topological polar surface area (TPSA) is 239 Å². The van der Waals surface area contributed by atoms with Crippen molar-refractivity contribution in [2.75, 3.05) is 61.6 Å². The summed E-state index contributed by atoms with van der Waals surface area (Å²) in [4.78, 5) is 34.7. The Balaban J connectivity index is 0.000000220. The number of hydrogen-bond donors (Lipinski definition) is 6. The van der Waals surface area contributed by atoms with E-state index in [-0.39, 0.29) is 23.1 Å². The highest BCUT2D eigenvalue weighted by atomic mass is 19.1. The van der Waals surface area contributed by atoms with Crippen LogP contribution in [0.4, 0.5) is 38.5 Å². The number of methoxy groups -OCH3 is 4. The van der Waals surface area contributed by atoms with Crippen LogP contribution in [0, 0.1) is 17.1 Å². The molecule has 1 heterocycles. The number of amides is 3. The van der Waals surface area contributed by atoms with Gasteiger partial charge in [0.05, 0.1) is 74.3 Å². The molecule has 4 aromatic carbocycles. The molecule has 9 N–H and O–H groups in total. The number of furan rings is 1. The van der Waals surface area contributed by atoms with Gasteiger partial charge in [0, 0.05) is 36.9 Å². The number of nitrogens with one attached hydrogen (secondary N) is 3. The molecule has 1 aromatic heterocycles. The van der Waals surface area contributed by atoms with Crippen LogP contribution in [-0.2, 0) is 4.79 Å². The molecule has 0 atom stereocenters. The van der Waals surface area contributed by atoms with Crippen LogP contribution in [0.1, 0.15) is 33.4 Å². The van der Waals surface area contributed by atoms with Crippen LogP contribution < -0.4 is 52.1 Å². The van der Waals surface area contributed by atoms with E-state index in [1.165, 1.54) is 78.0 Å². The standard InChI is InChI=1S/C15H15FN2O3.C13H14N2O4.C9H9N3O/c1-20-13-8-12(14(21-2)7-11(13)17)18-15(19)9-5-3-4-6-10(9)16;1-17-11-7-9(12(18-2)6-8(11)14)15-13(16)10-4-3-5-19-10;1-6(13)12-9-3-2-8(11)4-7(9)5-10/h3-8H,17H2,1-2H3,(H,18,19);3-7H,14H2,1-2H3,(H,15,16);2-4H,11H2,1H3,(H,12,13). The number of ether oxygens (including phenoxy) is 4. The lowest BCUT2D eigenvalue weighted by molar-refractivity contribution is -0.114. The maximum atomic E-state index is 13.6. The molecule has 16 heteroatoms. The molecule has 0 saturated heterocycles. The summed E-state index contributed by atoms with van der Waals surface area (Å²) < 4.78 is 39.1. The third kappa shape index (κ3) is 11.0. The van der Waals surface area contributed by atoms with Crippen molar-refractivity contribution in [2.24, 2.45) is 0 Å². The Bertz CT molecular complexity index is 2100. The van der Waals surface area contributed by atoms with Crippen molar-refractivity contribution in [1.82, 2.24) is 0 Å². The largest absolute Gasteiger partial charge is 0.495 e. The predicted molar refractivity (Wildman–Crippen MR) is 199 cm³/mol. The third-order valence-corrected chi connectivity index (χ3v) is 6.94. The smallest absolute Gasteiger partial charge is 0.291 e. The highest BCUT2D eigenvalue weighted by Gasteiger charge is 2.16. The Morgan fingerprint density at radius 3 is 1.70 bits per heavy atom. The van der Waals surface area contributed by atoms with Crippen molar-refractivity contribution in [2.45, 2.75) is 6.92 Å². The SMILES string of the molecule is CC(=O)Nc1ccc(N)cc1C#N.COc1cc(NC(=O)c2ccccc2F)c(OC)cc1N.COc1cc(NC(=O)c2ccco2)c(OC)cc1N. The fourth-order valence-corrected chi connectivity index (χ4v) is 4.42.